The Kier molecular flexibility index (Phi) is 35.8. The van der Waals surface area contributed by atoms with E-state index in [1.807, 2.05) is 11.8 Å². The Bertz CT molecular complexity index is 3090. The molecule has 0 aliphatic carbocycles. The number of hydrogen-bond donors (Lipinski definition) is 16. The van der Waals surface area contributed by atoms with Crippen LogP contribution in [0.5, 0.6) is 5.75 Å². The molecular formula is C61H93FN16O22S. The highest BCUT2D eigenvalue weighted by Gasteiger charge is 2.43. The van der Waals surface area contributed by atoms with Crippen LogP contribution in [0.25, 0.3) is 0 Å². The Morgan fingerprint density at radius 2 is 1.27 bits per heavy atom. The van der Waals surface area contributed by atoms with Gasteiger partial charge < -0.3 is 114 Å². The number of aliphatic carboxylic acids is 1. The molecule has 3 fully saturated rings. The number of fused-ring (bicyclic) bond motifs is 1. The van der Waals surface area contributed by atoms with E-state index < -0.39 is 172 Å². The number of hydrogen-bond acceptors (Lipinski definition) is 24. The Balaban J connectivity index is 1.07. The Labute approximate surface area is 584 Å². The van der Waals surface area contributed by atoms with Gasteiger partial charge >= 0.3 is 12.0 Å². The molecule has 40 heteroatoms. The minimum Gasteiger partial charge on any atom is -0.508 e. The number of carbonyl (C=O) groups excluding carboxylic acids is 12. The molecule has 0 saturated carbocycles. The number of amides is 13. The van der Waals surface area contributed by atoms with Crippen molar-refractivity contribution in [1.29, 1.82) is 0 Å². The number of nitrogens with two attached hydrogens (primary N) is 3. The Morgan fingerprint density at radius 1 is 0.693 bits per heavy atom. The number of unbranched alkanes of at least 4 members (excludes halogenated alkanes) is 1. The minimum absolute atomic E-state index is 0.0305. The number of nitrogens with zero attached hydrogens (tertiary/aromatic N) is 3. The lowest BCUT2D eigenvalue weighted by molar-refractivity contribution is -0.284. The van der Waals surface area contributed by atoms with E-state index in [9.17, 15) is 82.0 Å². The summed E-state index contributed by atoms with van der Waals surface area (Å²) in [5.74, 6) is -13.0. The van der Waals surface area contributed by atoms with Crippen molar-refractivity contribution >= 4 is 88.7 Å². The maximum absolute atomic E-state index is 14.3. The molecule has 3 aliphatic rings. The zero-order chi connectivity index (χ0) is 73.9. The number of phenolic OH excluding ortho intramolecular Hbond substituents is 1. The monoisotopic (exact) mass is 1450 g/mol. The largest absolute Gasteiger partial charge is 0.508 e. The molecule has 19 N–H and O–H groups in total. The molecule has 0 spiro atoms. The SMILES string of the molecule is C[C@@H](O)[C@H](NC(=O)[C@H](CCC(N)=O)NC(=O)[C@H](CCC(=O)O)NC(=O)[C@H](CCC(N)=O)NC(=O)[C@H](Cc1ccc(O)cc1)NC(=O)COCCOCCOCCOCCNC(=O)CCCC[C@@H]1SC[C@@H]2NC(=O)N[C@@H]21)C(=O)NCC(=O)NCC1(CF)OCC(Cc2cn(CC(N)=O)nn2)CO1. The van der Waals surface area contributed by atoms with E-state index in [-0.39, 0.29) is 108 Å². The van der Waals surface area contributed by atoms with Gasteiger partial charge in [-0.2, -0.15) is 11.8 Å². The third-order valence-corrected chi connectivity index (χ3v) is 17.2. The number of thioether (sulfide) groups is 1. The molecule has 0 radical (unpaired) electrons. The summed E-state index contributed by atoms with van der Waals surface area (Å²) in [6, 6.07) is -3.00. The molecule has 4 heterocycles. The molecule has 13 amide bonds. The first-order chi connectivity index (χ1) is 48.2. The highest BCUT2D eigenvalue weighted by molar-refractivity contribution is 8.00. The summed E-state index contributed by atoms with van der Waals surface area (Å²) in [6.45, 7) is -0.751. The summed E-state index contributed by atoms with van der Waals surface area (Å²) in [4.78, 5) is 167. The third-order valence-electron chi connectivity index (χ3n) is 15.7. The van der Waals surface area contributed by atoms with Crippen LogP contribution >= 0.6 is 11.8 Å². The molecule has 562 valence electrons. The van der Waals surface area contributed by atoms with Crippen molar-refractivity contribution in [2.45, 2.75) is 150 Å². The smallest absolute Gasteiger partial charge is 0.315 e. The third kappa shape index (κ3) is 31.2. The van der Waals surface area contributed by atoms with E-state index in [0.717, 1.165) is 31.9 Å². The molecule has 0 bridgehead atoms. The fraction of sp³-hybridized carbons (Fsp3) is 0.656. The number of carboxylic acids is 1. The second kappa shape index (κ2) is 43.7. The zero-order valence-electron chi connectivity index (χ0n) is 55.9. The molecule has 3 saturated heterocycles. The van der Waals surface area contributed by atoms with Gasteiger partial charge in [0.25, 0.3) is 0 Å². The van der Waals surface area contributed by atoms with Crippen molar-refractivity contribution in [2.24, 2.45) is 23.1 Å². The molecule has 9 atom stereocenters. The predicted octanol–water partition coefficient (Wildman–Crippen LogP) is -6.08. The predicted molar refractivity (Wildman–Crippen MR) is 350 cm³/mol. The molecular weight excluding hydrogens is 1360 g/mol. The van der Waals surface area contributed by atoms with Crippen LogP contribution in [0.2, 0.25) is 0 Å². The average molecular weight is 1450 g/mol. The molecule has 1 aromatic heterocycles. The number of phenols is 1. The maximum Gasteiger partial charge on any atom is 0.315 e. The van der Waals surface area contributed by atoms with Crippen LogP contribution in [-0.2, 0) is 105 Å². The first-order valence-electron chi connectivity index (χ1n) is 32.8. The lowest BCUT2D eigenvalue weighted by Crippen LogP contribution is -2.60. The standard InChI is InChI=1S/C61H93FN16O22S/c1-35(79)53(59(93)67-26-50(85)68-34-61(33-62)99-29-37(30-100-61)24-38-27-78(77-76-38)28-48(65)83)74-57(91)41(11-14-47(64)82)70-56(90)42(12-15-52(87)88)71-55(89)40(10-13-46(63)81)72-58(92)43(25-36-6-8-39(80)9-7-36)69-51(86)31-98-23-22-97-21-20-96-19-18-95-17-16-66-49(84)5-3-2-4-45-54-44(32-101-45)73-60(94)75-54/h6-9,27,35,37,40-45,53-54,79-80H,2-5,10-26,28-34H2,1H3,(H2,63,81)(H2,64,82)(H2,65,83)(H,66,84)(H,67,93)(H,68,85)(H,69,86)(H,70,90)(H,71,89)(H,72,92)(H,74,91)(H,87,88)(H2,73,75,94)/t35-,37?,40+,41+,42+,43+,44+,45+,53+,54+,61?/m1/s1. The van der Waals surface area contributed by atoms with Gasteiger partial charge in [0.2, 0.25) is 70.8 Å². The molecule has 3 aliphatic heterocycles. The summed E-state index contributed by atoms with van der Waals surface area (Å²) < 4.78 is 48.9. The number of aliphatic hydroxyl groups is 1. The van der Waals surface area contributed by atoms with Crippen molar-refractivity contribution in [2.75, 3.05) is 98.1 Å². The zero-order valence-corrected chi connectivity index (χ0v) is 56.7. The number of benzene rings is 1. The summed E-state index contributed by atoms with van der Waals surface area (Å²) in [6.07, 6.45) is -0.869. The second-order valence-electron chi connectivity index (χ2n) is 24.1. The first kappa shape index (κ1) is 82.7. The van der Waals surface area contributed by atoms with Crippen LogP contribution < -0.4 is 70.4 Å². The van der Waals surface area contributed by atoms with Crippen molar-refractivity contribution in [3.05, 3.63) is 41.7 Å². The van der Waals surface area contributed by atoms with Crippen LogP contribution in [0.3, 0.4) is 0 Å². The fourth-order valence-corrected chi connectivity index (χ4v) is 11.9. The van der Waals surface area contributed by atoms with E-state index in [4.69, 9.17) is 45.6 Å². The minimum atomic E-state index is -1.91. The number of rotatable bonds is 50. The van der Waals surface area contributed by atoms with Crippen LogP contribution in [0, 0.1) is 5.92 Å². The number of aromatic nitrogens is 3. The summed E-state index contributed by atoms with van der Waals surface area (Å²) in [7, 11) is 0. The number of carboxylic acid groups (broad SMARTS) is 1. The average Bonchev–Trinajstić information content (AvgIpc) is 1.81. The normalized spacial score (nSPS) is 19.4. The van der Waals surface area contributed by atoms with Crippen molar-refractivity contribution in [1.82, 2.24) is 68.2 Å². The lowest BCUT2D eigenvalue weighted by atomic mass is 10.0. The Morgan fingerprint density at radius 3 is 1.84 bits per heavy atom. The summed E-state index contributed by atoms with van der Waals surface area (Å²) in [5, 5.41) is 63.4. The van der Waals surface area contributed by atoms with Crippen molar-refractivity contribution < 1.29 is 110 Å². The van der Waals surface area contributed by atoms with Gasteiger partial charge in [0.15, 0.2) is 0 Å². The number of alkyl halides is 1. The van der Waals surface area contributed by atoms with Crippen LogP contribution in [0.1, 0.15) is 82.4 Å². The van der Waals surface area contributed by atoms with Gasteiger partial charge in [-0.05, 0) is 56.7 Å². The Hall–Kier alpha value is -8.93. The van der Waals surface area contributed by atoms with Crippen molar-refractivity contribution in [3.63, 3.8) is 0 Å². The van der Waals surface area contributed by atoms with E-state index in [0.29, 0.717) is 36.1 Å². The highest BCUT2D eigenvalue weighted by atomic mass is 32.2. The number of primary amides is 3. The number of aromatic hydroxyl groups is 1. The fourth-order valence-electron chi connectivity index (χ4n) is 10.4. The van der Waals surface area contributed by atoms with E-state index in [2.05, 4.69) is 63.5 Å². The van der Waals surface area contributed by atoms with Crippen molar-refractivity contribution in [3.8, 4) is 5.75 Å². The van der Waals surface area contributed by atoms with Gasteiger partial charge in [-0.25, -0.2) is 13.9 Å². The van der Waals surface area contributed by atoms with Crippen LogP contribution in [-0.4, -0.2) is 265 Å². The molecule has 38 nitrogen and oxygen atoms in total. The summed E-state index contributed by atoms with van der Waals surface area (Å²) >= 11 is 1.84. The summed E-state index contributed by atoms with van der Waals surface area (Å²) in [5.41, 5.74) is 16.9. The number of ether oxygens (including phenoxy) is 6. The number of urea groups is 1. The van der Waals surface area contributed by atoms with E-state index in [1.54, 1.807) is 0 Å². The maximum atomic E-state index is 14.3. The molecule has 101 heavy (non-hydrogen) atoms. The second-order valence-corrected chi connectivity index (χ2v) is 25.3. The topological polar surface area (TPSA) is 567 Å². The van der Waals surface area contributed by atoms with Gasteiger partial charge in [0, 0.05) is 68.2 Å². The quantitative estimate of drug-likeness (QED) is 0.0217. The van der Waals surface area contributed by atoms with Gasteiger partial charge in [0.05, 0.1) is 96.4 Å². The highest BCUT2D eigenvalue weighted by Crippen LogP contribution is 2.33. The van der Waals surface area contributed by atoms with Gasteiger partial charge in [-0.3, -0.25) is 57.5 Å². The number of aliphatic hydroxyl groups excluding tert-OH is 1. The molecule has 5 rings (SSSR count). The van der Waals surface area contributed by atoms with E-state index in [1.165, 1.54) is 35.1 Å². The number of nitrogens with one attached hydrogen (secondary N) is 10. The van der Waals surface area contributed by atoms with E-state index >= 15 is 0 Å². The van der Waals surface area contributed by atoms with Crippen LogP contribution in [0.4, 0.5) is 9.18 Å². The molecule has 0 unspecified atom stereocenters. The first-order valence-corrected chi connectivity index (χ1v) is 33.8. The molecule has 2 aromatic rings. The number of carbonyl (C=O) groups is 13. The van der Waals surface area contributed by atoms with Gasteiger partial charge in [-0.1, -0.05) is 23.8 Å². The lowest BCUT2D eigenvalue weighted by Gasteiger charge is -2.38. The van der Waals surface area contributed by atoms with Gasteiger partial charge in [-0.15, -0.1) is 5.10 Å². The van der Waals surface area contributed by atoms with Gasteiger partial charge in [0.1, 0.15) is 55.8 Å². The van der Waals surface area contributed by atoms with Crippen LogP contribution in [0.15, 0.2) is 30.5 Å². The number of halogens is 1. The molecule has 1 aromatic carbocycles.